The summed E-state index contributed by atoms with van der Waals surface area (Å²) in [6.07, 6.45) is 4.96. The van der Waals surface area contributed by atoms with Crippen molar-refractivity contribution in [3.8, 4) is 0 Å². The predicted octanol–water partition coefficient (Wildman–Crippen LogP) is 3.05. The van der Waals surface area contributed by atoms with Crippen molar-refractivity contribution < 1.29 is 0 Å². The highest BCUT2D eigenvalue weighted by atomic mass is 15.2. The molecular weight excluding hydrogens is 222 g/mol. The van der Waals surface area contributed by atoms with Crippen molar-refractivity contribution in [3.63, 3.8) is 0 Å². The molecule has 0 spiro atoms. The molecule has 1 heterocycles. The maximum atomic E-state index is 7.77. The molecule has 0 bridgehead atoms. The number of amidine groups is 1. The van der Waals surface area contributed by atoms with Crippen molar-refractivity contribution in [1.29, 1.82) is 5.41 Å². The molecular formula is C15H23N3. The van der Waals surface area contributed by atoms with E-state index in [1.165, 1.54) is 19.3 Å². The molecule has 0 aliphatic carbocycles. The number of nitrogens with one attached hydrogen (secondary N) is 1. The number of aryl methyl sites for hydroxylation is 1. The van der Waals surface area contributed by atoms with Crippen LogP contribution in [0.15, 0.2) is 18.2 Å². The Morgan fingerprint density at radius 1 is 1.44 bits per heavy atom. The third-order valence-corrected chi connectivity index (χ3v) is 3.85. The van der Waals surface area contributed by atoms with Crippen LogP contribution in [0.4, 0.5) is 5.69 Å². The van der Waals surface area contributed by atoms with E-state index in [4.69, 9.17) is 11.1 Å². The molecule has 2 rings (SSSR count). The molecule has 1 unspecified atom stereocenters. The average Bonchev–Trinajstić information content (AvgIpc) is 2.38. The minimum absolute atomic E-state index is 0.175. The molecule has 1 saturated heterocycles. The number of nitrogens with two attached hydrogens (primary N) is 1. The zero-order chi connectivity index (χ0) is 13.1. The maximum Gasteiger partial charge on any atom is 0.124 e. The van der Waals surface area contributed by atoms with E-state index in [2.05, 4.69) is 24.0 Å². The van der Waals surface area contributed by atoms with Crippen molar-refractivity contribution in [2.24, 2.45) is 5.73 Å². The van der Waals surface area contributed by atoms with Gasteiger partial charge in [-0.15, -0.1) is 0 Å². The molecule has 3 heteroatoms. The smallest absolute Gasteiger partial charge is 0.124 e. The molecule has 1 aliphatic heterocycles. The first-order valence-electron chi connectivity index (χ1n) is 6.85. The van der Waals surface area contributed by atoms with Gasteiger partial charge in [-0.2, -0.15) is 0 Å². The summed E-state index contributed by atoms with van der Waals surface area (Å²) in [6, 6.07) is 6.86. The summed E-state index contributed by atoms with van der Waals surface area (Å²) in [5, 5.41) is 7.77. The van der Waals surface area contributed by atoms with Crippen LogP contribution in [0.2, 0.25) is 0 Å². The Labute approximate surface area is 109 Å². The second-order valence-electron chi connectivity index (χ2n) is 5.19. The Kier molecular flexibility index (Phi) is 3.90. The maximum absolute atomic E-state index is 7.77. The van der Waals surface area contributed by atoms with Crippen molar-refractivity contribution in [3.05, 3.63) is 29.3 Å². The Bertz CT molecular complexity index is 439. The quantitative estimate of drug-likeness (QED) is 0.635. The van der Waals surface area contributed by atoms with Gasteiger partial charge in [-0.25, -0.2) is 0 Å². The van der Waals surface area contributed by atoms with E-state index >= 15 is 0 Å². The zero-order valence-corrected chi connectivity index (χ0v) is 11.4. The Hall–Kier alpha value is -1.51. The summed E-state index contributed by atoms with van der Waals surface area (Å²) < 4.78 is 0. The van der Waals surface area contributed by atoms with Crippen LogP contribution in [0.25, 0.3) is 0 Å². The second-order valence-corrected chi connectivity index (χ2v) is 5.19. The van der Waals surface area contributed by atoms with Crippen LogP contribution in [0.5, 0.6) is 0 Å². The molecule has 0 amide bonds. The molecule has 18 heavy (non-hydrogen) atoms. The number of piperidine rings is 1. The van der Waals surface area contributed by atoms with Crippen molar-refractivity contribution in [2.45, 2.75) is 45.6 Å². The van der Waals surface area contributed by atoms with Crippen LogP contribution in [-0.2, 0) is 0 Å². The van der Waals surface area contributed by atoms with Crippen molar-refractivity contribution in [1.82, 2.24) is 0 Å². The minimum Gasteiger partial charge on any atom is -0.384 e. The third-order valence-electron chi connectivity index (χ3n) is 3.85. The van der Waals surface area contributed by atoms with Gasteiger partial charge in [0.1, 0.15) is 5.84 Å². The van der Waals surface area contributed by atoms with Gasteiger partial charge in [0, 0.05) is 23.8 Å². The number of hydrogen-bond acceptors (Lipinski definition) is 2. The minimum atomic E-state index is 0.175. The third kappa shape index (κ3) is 2.50. The second kappa shape index (κ2) is 5.42. The van der Waals surface area contributed by atoms with Crippen LogP contribution >= 0.6 is 0 Å². The van der Waals surface area contributed by atoms with E-state index in [-0.39, 0.29) is 5.84 Å². The molecule has 0 saturated carbocycles. The normalized spacial score (nSPS) is 19.9. The highest BCUT2D eigenvalue weighted by Gasteiger charge is 2.23. The molecule has 1 fully saturated rings. The van der Waals surface area contributed by atoms with Crippen molar-refractivity contribution >= 4 is 11.5 Å². The van der Waals surface area contributed by atoms with Gasteiger partial charge in [0.15, 0.2) is 0 Å². The van der Waals surface area contributed by atoms with E-state index < -0.39 is 0 Å². The van der Waals surface area contributed by atoms with E-state index in [9.17, 15) is 0 Å². The summed E-state index contributed by atoms with van der Waals surface area (Å²) in [4.78, 5) is 2.44. The number of rotatable bonds is 3. The van der Waals surface area contributed by atoms with Gasteiger partial charge in [0.2, 0.25) is 0 Å². The Morgan fingerprint density at radius 2 is 2.22 bits per heavy atom. The first kappa shape index (κ1) is 12.9. The summed E-state index contributed by atoms with van der Waals surface area (Å²) >= 11 is 0. The Balaban J connectivity index is 2.39. The monoisotopic (exact) mass is 245 g/mol. The molecule has 1 aromatic carbocycles. The van der Waals surface area contributed by atoms with Gasteiger partial charge in [-0.05, 0) is 44.7 Å². The number of anilines is 1. The molecule has 3 nitrogen and oxygen atoms in total. The fourth-order valence-corrected chi connectivity index (χ4v) is 2.86. The lowest BCUT2D eigenvalue weighted by Crippen LogP contribution is -2.40. The fraction of sp³-hybridized carbons (Fsp3) is 0.533. The van der Waals surface area contributed by atoms with Crippen LogP contribution in [-0.4, -0.2) is 18.4 Å². The van der Waals surface area contributed by atoms with Gasteiger partial charge < -0.3 is 10.6 Å². The zero-order valence-electron chi connectivity index (χ0n) is 11.4. The van der Waals surface area contributed by atoms with Crippen LogP contribution in [0.3, 0.4) is 0 Å². The van der Waals surface area contributed by atoms with Crippen LogP contribution in [0.1, 0.15) is 43.7 Å². The van der Waals surface area contributed by atoms with Gasteiger partial charge in [-0.1, -0.05) is 18.6 Å². The number of hydrogen-bond donors (Lipinski definition) is 2. The van der Waals surface area contributed by atoms with Gasteiger partial charge in [0.25, 0.3) is 0 Å². The summed E-state index contributed by atoms with van der Waals surface area (Å²) in [5.74, 6) is 0.175. The summed E-state index contributed by atoms with van der Waals surface area (Å²) in [6.45, 7) is 5.37. The lowest BCUT2D eigenvalue weighted by Gasteiger charge is -2.38. The fourth-order valence-electron chi connectivity index (χ4n) is 2.86. The molecule has 1 aliphatic rings. The van der Waals surface area contributed by atoms with E-state index in [1.807, 2.05) is 13.0 Å². The van der Waals surface area contributed by atoms with Gasteiger partial charge in [0.05, 0.1) is 0 Å². The predicted molar refractivity (Wildman–Crippen MR) is 77.5 cm³/mol. The molecule has 3 N–H and O–H groups in total. The van der Waals surface area contributed by atoms with Crippen LogP contribution in [0, 0.1) is 12.3 Å². The van der Waals surface area contributed by atoms with E-state index in [0.29, 0.717) is 6.04 Å². The summed E-state index contributed by atoms with van der Waals surface area (Å²) in [5.41, 5.74) is 8.92. The van der Waals surface area contributed by atoms with Gasteiger partial charge >= 0.3 is 0 Å². The average molecular weight is 245 g/mol. The Morgan fingerprint density at radius 3 is 2.89 bits per heavy atom. The topological polar surface area (TPSA) is 53.1 Å². The first-order valence-corrected chi connectivity index (χ1v) is 6.85. The first-order chi connectivity index (χ1) is 8.63. The standard InChI is InChI=1S/C15H23N3/c1-3-12-6-4-5-9-18(12)14-8-7-11(2)10-13(14)15(16)17/h7-8,10,12H,3-6,9H2,1-2H3,(H3,16,17). The molecule has 0 radical (unpaired) electrons. The lowest BCUT2D eigenvalue weighted by molar-refractivity contribution is 0.450. The SMILES string of the molecule is CCC1CCCCN1c1ccc(C)cc1C(=N)N. The highest BCUT2D eigenvalue weighted by Crippen LogP contribution is 2.29. The molecule has 1 aromatic rings. The molecule has 98 valence electrons. The van der Waals surface area contributed by atoms with E-state index in [0.717, 1.165) is 29.8 Å². The molecule has 0 aromatic heterocycles. The van der Waals surface area contributed by atoms with Crippen molar-refractivity contribution in [2.75, 3.05) is 11.4 Å². The number of nitrogen functional groups attached to an aromatic ring is 1. The number of benzene rings is 1. The van der Waals surface area contributed by atoms with Gasteiger partial charge in [-0.3, -0.25) is 5.41 Å². The van der Waals surface area contributed by atoms with E-state index in [1.54, 1.807) is 0 Å². The van der Waals surface area contributed by atoms with Crippen LogP contribution < -0.4 is 10.6 Å². The molecule has 1 atom stereocenters. The highest BCUT2D eigenvalue weighted by molar-refractivity contribution is 6.00. The summed E-state index contributed by atoms with van der Waals surface area (Å²) in [7, 11) is 0. The lowest BCUT2D eigenvalue weighted by atomic mass is 9.97. The largest absolute Gasteiger partial charge is 0.384 e. The number of nitrogens with zero attached hydrogens (tertiary/aromatic N) is 1.